The summed E-state index contributed by atoms with van der Waals surface area (Å²) < 4.78 is 0. The molecule has 1 aliphatic heterocycles. The van der Waals surface area contributed by atoms with Gasteiger partial charge in [0.15, 0.2) is 0 Å². The second kappa shape index (κ2) is 5.73. The monoisotopic (exact) mass is 264 g/mol. The van der Waals surface area contributed by atoms with Gasteiger partial charge < -0.3 is 5.32 Å². The van der Waals surface area contributed by atoms with Crippen LogP contribution >= 0.6 is 0 Å². The van der Waals surface area contributed by atoms with Gasteiger partial charge in [0.25, 0.3) is 0 Å². The normalized spacial score (nSPS) is 45.3. The Labute approximate surface area is 119 Å². The molecular weight excluding hydrogens is 232 g/mol. The van der Waals surface area contributed by atoms with Gasteiger partial charge in [-0.1, -0.05) is 33.6 Å². The zero-order chi connectivity index (χ0) is 13.4. The number of nitrogens with one attached hydrogen (secondary N) is 1. The van der Waals surface area contributed by atoms with Crippen LogP contribution in [0.15, 0.2) is 0 Å². The van der Waals surface area contributed by atoms with Crippen molar-refractivity contribution in [1.82, 2.24) is 10.2 Å². The molecule has 0 spiro atoms. The molecule has 5 unspecified atom stereocenters. The highest BCUT2D eigenvalue weighted by Crippen LogP contribution is 2.38. The van der Waals surface area contributed by atoms with Crippen LogP contribution in [0.4, 0.5) is 0 Å². The van der Waals surface area contributed by atoms with E-state index in [0.717, 1.165) is 35.9 Å². The molecule has 1 heterocycles. The maximum absolute atomic E-state index is 3.84. The van der Waals surface area contributed by atoms with Crippen LogP contribution in [0.1, 0.15) is 59.3 Å². The average molecular weight is 264 g/mol. The first-order valence-corrected chi connectivity index (χ1v) is 8.69. The summed E-state index contributed by atoms with van der Waals surface area (Å²) in [5.74, 6) is 2.81. The molecule has 3 fully saturated rings. The minimum atomic E-state index is 0.785. The van der Waals surface area contributed by atoms with Crippen LogP contribution in [0.5, 0.6) is 0 Å². The Hall–Kier alpha value is -0.0800. The predicted molar refractivity (Wildman–Crippen MR) is 81.3 cm³/mol. The summed E-state index contributed by atoms with van der Waals surface area (Å²) in [4.78, 5) is 2.92. The number of hydrogen-bond acceptors (Lipinski definition) is 2. The van der Waals surface area contributed by atoms with Crippen LogP contribution < -0.4 is 5.32 Å². The van der Waals surface area contributed by atoms with Crippen molar-refractivity contribution in [3.8, 4) is 0 Å². The van der Waals surface area contributed by atoms with E-state index < -0.39 is 0 Å². The smallest absolute Gasteiger partial charge is 0.0224 e. The Bertz CT molecular complexity index is 300. The van der Waals surface area contributed by atoms with E-state index in [1.807, 2.05) is 0 Å². The predicted octanol–water partition coefficient (Wildman–Crippen LogP) is 3.27. The number of piperazine rings is 1. The van der Waals surface area contributed by atoms with Gasteiger partial charge >= 0.3 is 0 Å². The van der Waals surface area contributed by atoms with Gasteiger partial charge in [-0.25, -0.2) is 0 Å². The lowest BCUT2D eigenvalue weighted by Gasteiger charge is -2.49. The third-order valence-corrected chi connectivity index (χ3v) is 6.24. The third-order valence-electron chi connectivity index (χ3n) is 6.24. The molecule has 5 atom stereocenters. The molecule has 0 radical (unpaired) electrons. The van der Waals surface area contributed by atoms with E-state index in [2.05, 4.69) is 31.0 Å². The highest BCUT2D eigenvalue weighted by molar-refractivity contribution is 4.98. The molecule has 110 valence electrons. The lowest BCUT2D eigenvalue weighted by Crippen LogP contribution is -2.61. The first kappa shape index (κ1) is 13.9. The second-order valence-electron chi connectivity index (χ2n) is 7.45. The summed E-state index contributed by atoms with van der Waals surface area (Å²) in [6.45, 7) is 9.90. The maximum Gasteiger partial charge on any atom is 0.0224 e. The van der Waals surface area contributed by atoms with Crippen LogP contribution in [-0.4, -0.2) is 36.1 Å². The van der Waals surface area contributed by atoms with E-state index in [4.69, 9.17) is 0 Å². The summed E-state index contributed by atoms with van der Waals surface area (Å²) in [6.07, 6.45) is 8.59. The fourth-order valence-corrected chi connectivity index (χ4v) is 4.47. The zero-order valence-corrected chi connectivity index (χ0v) is 13.1. The minimum absolute atomic E-state index is 0.785. The van der Waals surface area contributed by atoms with E-state index in [-0.39, 0.29) is 0 Å². The van der Waals surface area contributed by atoms with Crippen molar-refractivity contribution in [3.05, 3.63) is 0 Å². The summed E-state index contributed by atoms with van der Waals surface area (Å²) in [5, 5.41) is 3.84. The topological polar surface area (TPSA) is 15.3 Å². The van der Waals surface area contributed by atoms with Crippen LogP contribution in [0.3, 0.4) is 0 Å². The quantitative estimate of drug-likeness (QED) is 0.841. The van der Waals surface area contributed by atoms with E-state index in [0.29, 0.717) is 0 Å². The first-order valence-electron chi connectivity index (χ1n) is 8.69. The molecule has 2 heteroatoms. The second-order valence-corrected chi connectivity index (χ2v) is 7.45. The van der Waals surface area contributed by atoms with Crippen molar-refractivity contribution >= 4 is 0 Å². The fourth-order valence-electron chi connectivity index (χ4n) is 4.47. The van der Waals surface area contributed by atoms with Crippen LogP contribution in [-0.2, 0) is 0 Å². The van der Waals surface area contributed by atoms with Gasteiger partial charge in [-0.15, -0.1) is 0 Å². The van der Waals surface area contributed by atoms with E-state index in [1.54, 1.807) is 0 Å². The standard InChI is InChI=1S/C17H32N2/c1-4-15-10-18-16(14-8-9-14)11-19(15)17-7-5-6-12(2)13(17)3/h12-18H,4-11H2,1-3H3. The SMILES string of the molecule is CCC1CNC(C2CC2)CN1C1CCCC(C)C1C. The number of nitrogens with zero attached hydrogens (tertiary/aromatic N) is 1. The molecule has 2 saturated carbocycles. The fraction of sp³-hybridized carbons (Fsp3) is 1.00. The molecule has 3 rings (SSSR count). The van der Waals surface area contributed by atoms with Gasteiger partial charge in [-0.3, -0.25) is 4.90 Å². The van der Waals surface area contributed by atoms with Crippen LogP contribution in [0.2, 0.25) is 0 Å². The zero-order valence-electron chi connectivity index (χ0n) is 13.1. The van der Waals surface area contributed by atoms with Gasteiger partial charge in [0.05, 0.1) is 0 Å². The maximum atomic E-state index is 3.84. The summed E-state index contributed by atoms with van der Waals surface area (Å²) in [7, 11) is 0. The largest absolute Gasteiger partial charge is 0.311 e. The van der Waals surface area contributed by atoms with Crippen molar-refractivity contribution in [3.63, 3.8) is 0 Å². The van der Waals surface area contributed by atoms with Crippen molar-refractivity contribution in [2.24, 2.45) is 17.8 Å². The van der Waals surface area contributed by atoms with E-state index in [9.17, 15) is 0 Å². The Morgan fingerprint density at radius 3 is 2.58 bits per heavy atom. The highest BCUT2D eigenvalue weighted by atomic mass is 15.3. The van der Waals surface area contributed by atoms with Gasteiger partial charge in [0.2, 0.25) is 0 Å². The molecule has 1 N–H and O–H groups in total. The summed E-state index contributed by atoms with van der Waals surface area (Å²) in [6, 6.07) is 2.44. The Morgan fingerprint density at radius 1 is 1.11 bits per heavy atom. The van der Waals surface area contributed by atoms with Gasteiger partial charge in [0.1, 0.15) is 0 Å². The molecule has 0 aromatic heterocycles. The molecule has 0 amide bonds. The molecule has 0 aromatic rings. The van der Waals surface area contributed by atoms with Gasteiger partial charge in [-0.2, -0.15) is 0 Å². The first-order chi connectivity index (χ1) is 9.20. The molecule has 0 aromatic carbocycles. The molecule has 3 aliphatic rings. The van der Waals surface area contributed by atoms with Crippen molar-refractivity contribution < 1.29 is 0 Å². The molecular formula is C17H32N2. The van der Waals surface area contributed by atoms with E-state index >= 15 is 0 Å². The molecule has 19 heavy (non-hydrogen) atoms. The third kappa shape index (κ3) is 2.85. The number of hydrogen-bond donors (Lipinski definition) is 1. The Balaban J connectivity index is 1.70. The average Bonchev–Trinajstić information content (AvgIpc) is 3.26. The van der Waals surface area contributed by atoms with Crippen LogP contribution in [0.25, 0.3) is 0 Å². The summed E-state index contributed by atoms with van der Waals surface area (Å²) >= 11 is 0. The molecule has 2 aliphatic carbocycles. The van der Waals surface area contributed by atoms with Crippen molar-refractivity contribution in [1.29, 1.82) is 0 Å². The number of rotatable bonds is 3. The minimum Gasteiger partial charge on any atom is -0.311 e. The molecule has 2 nitrogen and oxygen atoms in total. The van der Waals surface area contributed by atoms with Crippen molar-refractivity contribution in [2.75, 3.05) is 13.1 Å². The molecule has 1 saturated heterocycles. The lowest BCUT2D eigenvalue weighted by atomic mass is 9.76. The van der Waals surface area contributed by atoms with E-state index in [1.165, 1.54) is 51.6 Å². The molecule has 0 bridgehead atoms. The summed E-state index contributed by atoms with van der Waals surface area (Å²) in [5.41, 5.74) is 0. The van der Waals surface area contributed by atoms with Crippen LogP contribution in [0, 0.1) is 17.8 Å². The van der Waals surface area contributed by atoms with Gasteiger partial charge in [-0.05, 0) is 43.4 Å². The van der Waals surface area contributed by atoms with Gasteiger partial charge in [0, 0.05) is 31.2 Å². The Morgan fingerprint density at radius 2 is 1.89 bits per heavy atom. The van der Waals surface area contributed by atoms with Crippen molar-refractivity contribution in [2.45, 2.75) is 77.4 Å². The highest BCUT2D eigenvalue weighted by Gasteiger charge is 2.41. The Kier molecular flexibility index (Phi) is 4.19. The lowest BCUT2D eigenvalue weighted by molar-refractivity contribution is 0.0138.